The second-order valence-electron chi connectivity index (χ2n) is 3.73. The van der Waals surface area contributed by atoms with Crippen molar-refractivity contribution < 1.29 is 13.3 Å². The first-order chi connectivity index (χ1) is 7.84. The van der Waals surface area contributed by atoms with Gasteiger partial charge in [-0.15, -0.1) is 11.3 Å². The van der Waals surface area contributed by atoms with Gasteiger partial charge in [0.2, 0.25) is 0 Å². The second-order valence-corrected chi connectivity index (χ2v) is 7.61. The minimum atomic E-state index is -3.65. The molecule has 0 amide bonds. The van der Waals surface area contributed by atoms with Crippen molar-refractivity contribution in [2.24, 2.45) is 0 Å². The van der Waals surface area contributed by atoms with E-state index in [9.17, 15) is 18.5 Å². The number of hydrogen-bond donors (Lipinski definition) is 0. The summed E-state index contributed by atoms with van der Waals surface area (Å²) in [5, 5.41) is 10.6. The van der Waals surface area contributed by atoms with Crippen molar-refractivity contribution in [1.82, 2.24) is 4.31 Å². The summed E-state index contributed by atoms with van der Waals surface area (Å²) in [5.41, 5.74) is -0.362. The van der Waals surface area contributed by atoms with Gasteiger partial charge in [0.05, 0.1) is 4.92 Å². The predicted molar refractivity (Wildman–Crippen MR) is 64.0 cm³/mol. The molecular weight excluding hydrogens is 288 g/mol. The molecule has 0 spiro atoms. The van der Waals surface area contributed by atoms with Gasteiger partial charge < -0.3 is 0 Å². The van der Waals surface area contributed by atoms with Crippen LogP contribution in [0.3, 0.4) is 0 Å². The van der Waals surface area contributed by atoms with Crippen LogP contribution >= 0.6 is 22.9 Å². The average molecular weight is 297 g/mol. The molecule has 6 nitrogen and oxygen atoms in total. The summed E-state index contributed by atoms with van der Waals surface area (Å²) in [6.07, 6.45) is 1.66. The summed E-state index contributed by atoms with van der Waals surface area (Å²) >= 11 is 6.36. The number of rotatable bonds is 4. The normalized spacial score (nSPS) is 16.4. The zero-order valence-corrected chi connectivity index (χ0v) is 11.2. The predicted octanol–water partition coefficient (Wildman–Crippen LogP) is 2.09. The standard InChI is InChI=1S/C8H9ClN2O4S2/c1-10(5-2-3-5)17(14,15)7-4-6(11(12)13)8(9)16-7/h4-5H,2-3H2,1H3. The van der Waals surface area contributed by atoms with Crippen molar-refractivity contribution in [2.45, 2.75) is 23.1 Å². The third-order valence-electron chi connectivity index (χ3n) is 2.54. The lowest BCUT2D eigenvalue weighted by molar-refractivity contribution is -0.384. The van der Waals surface area contributed by atoms with Gasteiger partial charge in [0, 0.05) is 19.2 Å². The lowest BCUT2D eigenvalue weighted by atomic mass is 10.6. The van der Waals surface area contributed by atoms with E-state index < -0.39 is 14.9 Å². The number of hydrogen-bond acceptors (Lipinski definition) is 5. The largest absolute Gasteiger partial charge is 0.300 e. The molecule has 1 heterocycles. The molecule has 0 saturated heterocycles. The molecule has 0 aromatic carbocycles. The Bertz CT molecular complexity index is 564. The van der Waals surface area contributed by atoms with Crippen LogP contribution in [0, 0.1) is 10.1 Å². The fourth-order valence-electron chi connectivity index (χ4n) is 1.37. The zero-order chi connectivity index (χ0) is 12.8. The molecule has 17 heavy (non-hydrogen) atoms. The molecule has 0 N–H and O–H groups in total. The summed E-state index contributed by atoms with van der Waals surface area (Å²) in [4.78, 5) is 9.91. The fourth-order valence-corrected chi connectivity index (χ4v) is 4.63. The highest BCUT2D eigenvalue weighted by Gasteiger charge is 2.37. The number of sulfonamides is 1. The van der Waals surface area contributed by atoms with Crippen LogP contribution in [0.15, 0.2) is 10.3 Å². The molecule has 0 radical (unpaired) electrons. The van der Waals surface area contributed by atoms with Crippen LogP contribution in [-0.4, -0.2) is 30.7 Å². The van der Waals surface area contributed by atoms with Gasteiger partial charge >= 0.3 is 0 Å². The van der Waals surface area contributed by atoms with E-state index >= 15 is 0 Å². The molecule has 1 aromatic rings. The maximum atomic E-state index is 12.1. The summed E-state index contributed by atoms with van der Waals surface area (Å²) < 4.78 is 25.2. The number of thiophene rings is 1. The maximum Gasteiger partial charge on any atom is 0.300 e. The highest BCUT2D eigenvalue weighted by Crippen LogP contribution is 2.39. The Morgan fingerprint density at radius 1 is 1.59 bits per heavy atom. The lowest BCUT2D eigenvalue weighted by Gasteiger charge is -2.14. The lowest BCUT2D eigenvalue weighted by Crippen LogP contribution is -2.28. The van der Waals surface area contributed by atoms with E-state index in [4.69, 9.17) is 11.6 Å². The van der Waals surface area contributed by atoms with E-state index in [0.29, 0.717) is 0 Å². The Labute approximate surface area is 107 Å². The Balaban J connectivity index is 2.39. The van der Waals surface area contributed by atoms with Crippen molar-refractivity contribution >= 4 is 38.6 Å². The third kappa shape index (κ3) is 2.30. The van der Waals surface area contributed by atoms with Gasteiger partial charge in [-0.25, -0.2) is 8.42 Å². The summed E-state index contributed by atoms with van der Waals surface area (Å²) in [6, 6.07) is 1.03. The van der Waals surface area contributed by atoms with E-state index in [1.807, 2.05) is 0 Å². The molecule has 0 unspecified atom stereocenters. The molecule has 1 aliphatic carbocycles. The number of nitro groups is 1. The van der Waals surface area contributed by atoms with Crippen LogP contribution in [-0.2, 0) is 10.0 Å². The van der Waals surface area contributed by atoms with Crippen molar-refractivity contribution in [2.75, 3.05) is 7.05 Å². The number of nitrogens with zero attached hydrogens (tertiary/aromatic N) is 2. The van der Waals surface area contributed by atoms with Gasteiger partial charge in [-0.3, -0.25) is 10.1 Å². The molecule has 0 atom stereocenters. The quantitative estimate of drug-likeness (QED) is 0.629. The zero-order valence-electron chi connectivity index (χ0n) is 8.79. The SMILES string of the molecule is CN(C1CC1)S(=O)(=O)c1cc([N+](=O)[O-])c(Cl)s1. The molecule has 1 saturated carbocycles. The van der Waals surface area contributed by atoms with Gasteiger partial charge in [-0.05, 0) is 12.8 Å². The number of halogens is 1. The van der Waals surface area contributed by atoms with Gasteiger partial charge in [0.1, 0.15) is 4.21 Å². The molecule has 1 aliphatic rings. The molecule has 9 heteroatoms. The van der Waals surface area contributed by atoms with Gasteiger partial charge in [-0.2, -0.15) is 4.31 Å². The van der Waals surface area contributed by atoms with Crippen molar-refractivity contribution in [1.29, 1.82) is 0 Å². The van der Waals surface area contributed by atoms with Crippen molar-refractivity contribution in [3.63, 3.8) is 0 Å². The Kier molecular flexibility index (Phi) is 3.15. The fraction of sp³-hybridized carbons (Fsp3) is 0.500. The average Bonchev–Trinajstić information content (AvgIpc) is 2.99. The first kappa shape index (κ1) is 12.7. The summed E-state index contributed by atoms with van der Waals surface area (Å²) in [7, 11) is -2.17. The maximum absolute atomic E-state index is 12.1. The first-order valence-electron chi connectivity index (χ1n) is 4.76. The second kappa shape index (κ2) is 4.20. The molecule has 94 valence electrons. The van der Waals surface area contributed by atoms with Gasteiger partial charge in [0.15, 0.2) is 4.34 Å². The Hall–Kier alpha value is -0.700. The Morgan fingerprint density at radius 3 is 2.59 bits per heavy atom. The third-order valence-corrected chi connectivity index (χ3v) is 6.23. The van der Waals surface area contributed by atoms with Crippen LogP contribution < -0.4 is 0 Å². The van der Waals surface area contributed by atoms with E-state index in [-0.39, 0.29) is 20.3 Å². The molecule has 1 aromatic heterocycles. The van der Waals surface area contributed by atoms with Crippen LogP contribution in [0.1, 0.15) is 12.8 Å². The summed E-state index contributed by atoms with van der Waals surface area (Å²) in [6.45, 7) is 0. The molecular formula is C8H9ClN2O4S2. The minimum Gasteiger partial charge on any atom is -0.258 e. The molecule has 2 rings (SSSR count). The van der Waals surface area contributed by atoms with Crippen molar-refractivity contribution in [3.05, 3.63) is 20.5 Å². The summed E-state index contributed by atoms with van der Waals surface area (Å²) in [5.74, 6) is 0. The molecule has 0 bridgehead atoms. The van der Waals surface area contributed by atoms with Crippen LogP contribution in [0.2, 0.25) is 4.34 Å². The molecule has 0 aliphatic heterocycles. The van der Waals surface area contributed by atoms with Gasteiger partial charge in [0.25, 0.3) is 15.7 Å². The smallest absolute Gasteiger partial charge is 0.258 e. The molecule has 1 fully saturated rings. The van der Waals surface area contributed by atoms with Crippen molar-refractivity contribution in [3.8, 4) is 0 Å². The Morgan fingerprint density at radius 2 is 2.18 bits per heavy atom. The minimum absolute atomic E-state index is 0.0138. The highest BCUT2D eigenvalue weighted by atomic mass is 35.5. The van der Waals surface area contributed by atoms with E-state index in [1.54, 1.807) is 0 Å². The van der Waals surface area contributed by atoms with E-state index in [2.05, 4.69) is 0 Å². The van der Waals surface area contributed by atoms with Crippen LogP contribution in [0.5, 0.6) is 0 Å². The topological polar surface area (TPSA) is 80.5 Å². The first-order valence-corrected chi connectivity index (χ1v) is 7.39. The van der Waals surface area contributed by atoms with E-state index in [0.717, 1.165) is 30.2 Å². The van der Waals surface area contributed by atoms with Crippen LogP contribution in [0.4, 0.5) is 5.69 Å². The highest BCUT2D eigenvalue weighted by molar-refractivity contribution is 7.91. The van der Waals surface area contributed by atoms with Gasteiger partial charge in [-0.1, -0.05) is 11.6 Å². The van der Waals surface area contributed by atoms with Crippen LogP contribution in [0.25, 0.3) is 0 Å². The van der Waals surface area contributed by atoms with E-state index in [1.165, 1.54) is 11.4 Å². The monoisotopic (exact) mass is 296 g/mol.